The van der Waals surface area contributed by atoms with Crippen LogP contribution in [0.4, 0.5) is 10.8 Å². The van der Waals surface area contributed by atoms with Gasteiger partial charge in [0.15, 0.2) is 5.13 Å². The fourth-order valence-electron chi connectivity index (χ4n) is 3.94. The summed E-state index contributed by atoms with van der Waals surface area (Å²) in [4.78, 5) is 31.7. The average molecular weight is 615 g/mol. The summed E-state index contributed by atoms with van der Waals surface area (Å²) in [5.74, 6) is -0.305. The molecule has 0 fully saturated rings. The standard InChI is InChI=1S/C31H24BrN3O2S2/c1-20-7-5-6-10-26(20)29(36)33-24-15-17-25(18-16-24)39-28(22-8-3-2-4-9-22)30(37)35-31-34-27(19-38-31)21-11-13-23(32)14-12-21/h2-19,28H,1H3,(H,33,36)(H,34,35,37). The van der Waals surface area contributed by atoms with Gasteiger partial charge in [-0.1, -0.05) is 76.6 Å². The Labute approximate surface area is 243 Å². The van der Waals surface area contributed by atoms with Crippen molar-refractivity contribution in [2.45, 2.75) is 17.1 Å². The molecule has 0 saturated heterocycles. The first-order chi connectivity index (χ1) is 19.0. The number of aryl methyl sites for hydroxylation is 1. The fraction of sp³-hybridized carbons (Fsp3) is 0.0645. The zero-order valence-electron chi connectivity index (χ0n) is 20.9. The van der Waals surface area contributed by atoms with Crippen molar-refractivity contribution in [2.24, 2.45) is 0 Å². The first-order valence-electron chi connectivity index (χ1n) is 12.2. The highest BCUT2D eigenvalue weighted by molar-refractivity contribution is 9.10. The van der Waals surface area contributed by atoms with Gasteiger partial charge in [-0.05, 0) is 60.5 Å². The first kappa shape index (κ1) is 26.9. The molecule has 194 valence electrons. The molecule has 0 bridgehead atoms. The molecule has 1 heterocycles. The maximum Gasteiger partial charge on any atom is 0.255 e. The minimum absolute atomic E-state index is 0.152. The molecule has 39 heavy (non-hydrogen) atoms. The average Bonchev–Trinajstić information content (AvgIpc) is 3.42. The molecule has 1 atom stereocenters. The Morgan fingerprint density at radius 3 is 2.26 bits per heavy atom. The first-order valence-corrected chi connectivity index (χ1v) is 14.7. The third-order valence-electron chi connectivity index (χ3n) is 5.97. The Balaban J connectivity index is 1.30. The predicted octanol–water partition coefficient (Wildman–Crippen LogP) is 8.61. The number of benzene rings is 4. The molecule has 5 nitrogen and oxygen atoms in total. The highest BCUT2D eigenvalue weighted by Crippen LogP contribution is 2.37. The Morgan fingerprint density at radius 1 is 0.846 bits per heavy atom. The van der Waals surface area contributed by atoms with Crippen molar-refractivity contribution in [3.63, 3.8) is 0 Å². The Kier molecular flexibility index (Phi) is 8.56. The zero-order chi connectivity index (χ0) is 27.2. The number of thiazole rings is 1. The Bertz CT molecular complexity index is 1590. The lowest BCUT2D eigenvalue weighted by atomic mass is 10.1. The van der Waals surface area contributed by atoms with Gasteiger partial charge in [0.2, 0.25) is 5.91 Å². The van der Waals surface area contributed by atoms with Crippen molar-refractivity contribution in [3.05, 3.63) is 130 Å². The zero-order valence-corrected chi connectivity index (χ0v) is 24.1. The maximum atomic E-state index is 13.5. The number of aromatic nitrogens is 1. The summed E-state index contributed by atoms with van der Waals surface area (Å²) in [6.45, 7) is 1.91. The second kappa shape index (κ2) is 12.4. The number of thioether (sulfide) groups is 1. The lowest BCUT2D eigenvalue weighted by Gasteiger charge is -2.16. The number of carbonyl (C=O) groups excluding carboxylic acids is 2. The molecule has 0 saturated carbocycles. The van der Waals surface area contributed by atoms with Crippen molar-refractivity contribution >= 4 is 61.7 Å². The summed E-state index contributed by atoms with van der Waals surface area (Å²) in [6.07, 6.45) is 0. The van der Waals surface area contributed by atoms with E-state index in [-0.39, 0.29) is 11.8 Å². The highest BCUT2D eigenvalue weighted by Gasteiger charge is 2.23. The van der Waals surface area contributed by atoms with Crippen LogP contribution in [0, 0.1) is 6.92 Å². The van der Waals surface area contributed by atoms with Crippen LogP contribution in [0.2, 0.25) is 0 Å². The van der Waals surface area contributed by atoms with Gasteiger partial charge in [-0.25, -0.2) is 4.98 Å². The normalized spacial score (nSPS) is 11.5. The van der Waals surface area contributed by atoms with Crippen LogP contribution in [0.5, 0.6) is 0 Å². The molecule has 0 aliphatic heterocycles. The third-order valence-corrected chi connectivity index (χ3v) is 8.52. The van der Waals surface area contributed by atoms with Gasteiger partial charge in [-0.2, -0.15) is 0 Å². The maximum absolute atomic E-state index is 13.5. The van der Waals surface area contributed by atoms with Gasteiger partial charge >= 0.3 is 0 Å². The van der Waals surface area contributed by atoms with Crippen LogP contribution in [0.1, 0.15) is 26.7 Å². The molecular formula is C31H24BrN3O2S2. The minimum Gasteiger partial charge on any atom is -0.322 e. The van der Waals surface area contributed by atoms with Crippen LogP contribution in [0.15, 0.2) is 118 Å². The van der Waals surface area contributed by atoms with Gasteiger partial charge in [0.05, 0.1) is 5.69 Å². The summed E-state index contributed by atoms with van der Waals surface area (Å²) in [5, 5.41) is 7.95. The van der Waals surface area contributed by atoms with Gasteiger partial charge in [-0.3, -0.25) is 9.59 Å². The molecular weight excluding hydrogens is 590 g/mol. The van der Waals surface area contributed by atoms with E-state index in [9.17, 15) is 9.59 Å². The number of nitrogens with one attached hydrogen (secondary N) is 2. The molecule has 2 N–H and O–H groups in total. The van der Waals surface area contributed by atoms with E-state index in [1.165, 1.54) is 23.1 Å². The molecule has 1 unspecified atom stereocenters. The van der Waals surface area contributed by atoms with E-state index in [0.717, 1.165) is 31.8 Å². The molecule has 1 aromatic heterocycles. The van der Waals surface area contributed by atoms with Crippen LogP contribution < -0.4 is 10.6 Å². The van der Waals surface area contributed by atoms with Gasteiger partial charge in [0.1, 0.15) is 5.25 Å². The summed E-state index contributed by atoms with van der Waals surface area (Å²) in [6, 6.07) is 32.6. The number of halogens is 1. The molecule has 5 rings (SSSR count). The van der Waals surface area contributed by atoms with E-state index in [4.69, 9.17) is 0 Å². The molecule has 0 aliphatic rings. The van der Waals surface area contributed by atoms with Crippen molar-refractivity contribution in [1.82, 2.24) is 4.98 Å². The number of hydrogen-bond donors (Lipinski definition) is 2. The monoisotopic (exact) mass is 613 g/mol. The van der Waals surface area contributed by atoms with Crippen LogP contribution in [0.3, 0.4) is 0 Å². The van der Waals surface area contributed by atoms with E-state index >= 15 is 0 Å². The van der Waals surface area contributed by atoms with Crippen LogP contribution >= 0.6 is 39.0 Å². The molecule has 0 aliphatic carbocycles. The summed E-state index contributed by atoms with van der Waals surface area (Å²) in [5.41, 5.74) is 4.94. The number of anilines is 2. The van der Waals surface area contributed by atoms with E-state index in [1.54, 1.807) is 0 Å². The number of hydrogen-bond acceptors (Lipinski definition) is 5. The summed E-state index contributed by atoms with van der Waals surface area (Å²) in [7, 11) is 0. The second-order valence-electron chi connectivity index (χ2n) is 8.74. The topological polar surface area (TPSA) is 71.1 Å². The van der Waals surface area contributed by atoms with Crippen LogP contribution in [0.25, 0.3) is 11.3 Å². The van der Waals surface area contributed by atoms with E-state index in [1.807, 2.05) is 115 Å². The Morgan fingerprint density at radius 2 is 1.54 bits per heavy atom. The smallest absolute Gasteiger partial charge is 0.255 e. The lowest BCUT2D eigenvalue weighted by molar-refractivity contribution is -0.115. The molecule has 2 amide bonds. The summed E-state index contributed by atoms with van der Waals surface area (Å²) >= 11 is 6.30. The molecule has 0 radical (unpaired) electrons. The highest BCUT2D eigenvalue weighted by atomic mass is 79.9. The van der Waals surface area contributed by atoms with Gasteiger partial charge in [0, 0.05) is 31.6 Å². The van der Waals surface area contributed by atoms with Crippen molar-refractivity contribution in [1.29, 1.82) is 0 Å². The van der Waals surface area contributed by atoms with Gasteiger partial charge < -0.3 is 10.6 Å². The molecule has 8 heteroatoms. The molecule has 4 aromatic carbocycles. The van der Waals surface area contributed by atoms with E-state index < -0.39 is 5.25 Å². The quantitative estimate of drug-likeness (QED) is 0.172. The minimum atomic E-state index is -0.487. The van der Waals surface area contributed by atoms with E-state index in [2.05, 4.69) is 31.5 Å². The lowest BCUT2D eigenvalue weighted by Crippen LogP contribution is -2.19. The number of carbonyl (C=O) groups is 2. The van der Waals surface area contributed by atoms with Crippen LogP contribution in [-0.2, 0) is 4.79 Å². The number of amides is 2. The summed E-state index contributed by atoms with van der Waals surface area (Å²) < 4.78 is 0.999. The van der Waals surface area contributed by atoms with Crippen LogP contribution in [-0.4, -0.2) is 16.8 Å². The largest absolute Gasteiger partial charge is 0.322 e. The van der Waals surface area contributed by atoms with Gasteiger partial charge in [-0.15, -0.1) is 23.1 Å². The Hall–Kier alpha value is -3.72. The van der Waals surface area contributed by atoms with Gasteiger partial charge in [0.25, 0.3) is 5.91 Å². The predicted molar refractivity (Wildman–Crippen MR) is 164 cm³/mol. The fourth-order valence-corrected chi connectivity index (χ4v) is 5.95. The number of nitrogens with zero attached hydrogens (tertiary/aromatic N) is 1. The SMILES string of the molecule is Cc1ccccc1C(=O)Nc1ccc(SC(C(=O)Nc2nc(-c3ccc(Br)cc3)cs2)c2ccccc2)cc1. The second-order valence-corrected chi connectivity index (χ2v) is 11.7. The van der Waals surface area contributed by atoms with Crippen molar-refractivity contribution < 1.29 is 9.59 Å². The third kappa shape index (κ3) is 6.84. The van der Waals surface area contributed by atoms with Crippen molar-refractivity contribution in [3.8, 4) is 11.3 Å². The number of rotatable bonds is 8. The van der Waals surface area contributed by atoms with E-state index in [0.29, 0.717) is 16.4 Å². The van der Waals surface area contributed by atoms with Crippen molar-refractivity contribution in [2.75, 3.05) is 10.6 Å². The molecule has 0 spiro atoms. The molecule has 5 aromatic rings.